The number of nitrogens with zero attached hydrogens (tertiary/aromatic N) is 2. The van der Waals surface area contributed by atoms with E-state index in [1.165, 1.54) is 37.6 Å². The zero-order valence-corrected chi connectivity index (χ0v) is 11.6. The Balaban J connectivity index is 2.33. The molecule has 0 saturated heterocycles. The normalized spacial score (nSPS) is 10.0. The van der Waals surface area contributed by atoms with Gasteiger partial charge in [-0.2, -0.15) is 0 Å². The van der Waals surface area contributed by atoms with Crippen LogP contribution < -0.4 is 10.1 Å². The molecule has 108 valence electrons. The number of carbonyl (C=O) groups is 1. The SMILES string of the molecule is COc1c(C(=O)Nc2ccc(Cl)nc2)cccc1[N+](=O)[O-]. The number of benzene rings is 1. The van der Waals surface area contributed by atoms with E-state index in [-0.39, 0.29) is 17.0 Å². The van der Waals surface area contributed by atoms with Crippen molar-refractivity contribution in [1.82, 2.24) is 4.98 Å². The van der Waals surface area contributed by atoms with Gasteiger partial charge in [-0.1, -0.05) is 17.7 Å². The molecule has 1 amide bonds. The first-order valence-electron chi connectivity index (χ1n) is 5.77. The second-order valence-electron chi connectivity index (χ2n) is 3.94. The second kappa shape index (κ2) is 6.19. The number of para-hydroxylation sites is 1. The van der Waals surface area contributed by atoms with Gasteiger partial charge in [0.1, 0.15) is 5.15 Å². The van der Waals surface area contributed by atoms with Gasteiger partial charge in [0.25, 0.3) is 5.91 Å². The lowest BCUT2D eigenvalue weighted by Gasteiger charge is -2.09. The van der Waals surface area contributed by atoms with Crippen molar-refractivity contribution in [3.63, 3.8) is 0 Å². The van der Waals surface area contributed by atoms with Gasteiger partial charge >= 0.3 is 5.69 Å². The highest BCUT2D eigenvalue weighted by atomic mass is 35.5. The monoisotopic (exact) mass is 307 g/mol. The summed E-state index contributed by atoms with van der Waals surface area (Å²) >= 11 is 5.65. The molecule has 8 heteroatoms. The van der Waals surface area contributed by atoms with E-state index in [1.807, 2.05) is 0 Å². The third-order valence-corrected chi connectivity index (χ3v) is 2.85. The molecule has 0 spiro atoms. The van der Waals surface area contributed by atoms with Gasteiger partial charge in [0, 0.05) is 6.07 Å². The number of pyridine rings is 1. The van der Waals surface area contributed by atoms with Crippen LogP contribution in [-0.4, -0.2) is 22.9 Å². The number of hydrogen-bond donors (Lipinski definition) is 1. The van der Waals surface area contributed by atoms with Crippen LogP contribution in [0.4, 0.5) is 11.4 Å². The number of nitrogens with one attached hydrogen (secondary N) is 1. The van der Waals surface area contributed by atoms with Crippen LogP contribution in [0.15, 0.2) is 36.5 Å². The molecule has 1 aromatic heterocycles. The van der Waals surface area contributed by atoms with Crippen molar-refractivity contribution in [3.8, 4) is 5.75 Å². The molecule has 0 aliphatic heterocycles. The summed E-state index contributed by atoms with van der Waals surface area (Å²) < 4.78 is 4.98. The number of amides is 1. The molecule has 21 heavy (non-hydrogen) atoms. The van der Waals surface area contributed by atoms with Crippen molar-refractivity contribution in [2.75, 3.05) is 12.4 Å². The fourth-order valence-electron chi connectivity index (χ4n) is 1.71. The van der Waals surface area contributed by atoms with Gasteiger partial charge in [0.05, 0.1) is 29.5 Å². The third kappa shape index (κ3) is 3.26. The van der Waals surface area contributed by atoms with Crippen molar-refractivity contribution in [2.24, 2.45) is 0 Å². The molecule has 2 rings (SSSR count). The predicted molar refractivity (Wildman–Crippen MR) is 76.8 cm³/mol. The average Bonchev–Trinajstić information content (AvgIpc) is 2.48. The number of hydrogen-bond acceptors (Lipinski definition) is 5. The Hall–Kier alpha value is -2.67. The van der Waals surface area contributed by atoms with Crippen molar-refractivity contribution >= 4 is 28.9 Å². The summed E-state index contributed by atoms with van der Waals surface area (Å²) in [5, 5.41) is 13.8. The molecule has 1 heterocycles. The molecule has 0 radical (unpaired) electrons. The standard InChI is InChI=1S/C13H10ClN3O4/c1-21-12-9(3-2-4-10(12)17(19)20)13(18)16-8-5-6-11(14)15-7-8/h2-7H,1H3,(H,16,18). The van der Waals surface area contributed by atoms with Crippen LogP contribution in [0.1, 0.15) is 10.4 Å². The number of aromatic nitrogens is 1. The fraction of sp³-hybridized carbons (Fsp3) is 0.0769. The zero-order chi connectivity index (χ0) is 15.4. The summed E-state index contributed by atoms with van der Waals surface area (Å²) in [4.78, 5) is 26.3. The molecule has 0 fully saturated rings. The van der Waals surface area contributed by atoms with Crippen molar-refractivity contribution in [2.45, 2.75) is 0 Å². The van der Waals surface area contributed by atoms with Gasteiger partial charge in [0.2, 0.25) is 5.75 Å². The maximum Gasteiger partial charge on any atom is 0.311 e. The molecule has 0 saturated carbocycles. The summed E-state index contributed by atoms with van der Waals surface area (Å²) in [7, 11) is 1.27. The highest BCUT2D eigenvalue weighted by Gasteiger charge is 2.22. The van der Waals surface area contributed by atoms with Crippen LogP contribution in [0.5, 0.6) is 5.75 Å². The first-order chi connectivity index (χ1) is 10.0. The first-order valence-corrected chi connectivity index (χ1v) is 6.15. The van der Waals surface area contributed by atoms with Gasteiger partial charge in [-0.15, -0.1) is 0 Å². The lowest BCUT2D eigenvalue weighted by molar-refractivity contribution is -0.385. The number of carbonyl (C=O) groups excluding carboxylic acids is 1. The highest BCUT2D eigenvalue weighted by Crippen LogP contribution is 2.31. The van der Waals surface area contributed by atoms with Crippen molar-refractivity contribution in [1.29, 1.82) is 0 Å². The third-order valence-electron chi connectivity index (χ3n) is 2.62. The summed E-state index contributed by atoms with van der Waals surface area (Å²) in [6, 6.07) is 7.19. The van der Waals surface area contributed by atoms with E-state index < -0.39 is 10.8 Å². The Morgan fingerprint density at radius 1 is 1.38 bits per heavy atom. The predicted octanol–water partition coefficient (Wildman–Crippen LogP) is 2.90. The van der Waals surface area contributed by atoms with Crippen LogP contribution >= 0.6 is 11.6 Å². The molecule has 1 aromatic carbocycles. The molecule has 0 bridgehead atoms. The Bertz CT molecular complexity index is 688. The van der Waals surface area contributed by atoms with E-state index in [2.05, 4.69) is 10.3 Å². The summed E-state index contributed by atoms with van der Waals surface area (Å²) in [5.41, 5.74) is 0.194. The smallest absolute Gasteiger partial charge is 0.311 e. The molecule has 0 aliphatic rings. The minimum atomic E-state index is -0.612. The van der Waals surface area contributed by atoms with E-state index in [0.29, 0.717) is 10.8 Å². The maximum atomic E-state index is 12.2. The number of rotatable bonds is 4. The topological polar surface area (TPSA) is 94.4 Å². The highest BCUT2D eigenvalue weighted by molar-refractivity contribution is 6.29. The van der Waals surface area contributed by atoms with Crippen LogP contribution in [0, 0.1) is 10.1 Å². The number of nitro groups is 1. The van der Waals surface area contributed by atoms with Gasteiger partial charge < -0.3 is 10.1 Å². The van der Waals surface area contributed by atoms with Crippen LogP contribution in [-0.2, 0) is 0 Å². The van der Waals surface area contributed by atoms with Crippen LogP contribution in [0.2, 0.25) is 5.15 Å². The molecule has 0 aliphatic carbocycles. The van der Waals surface area contributed by atoms with E-state index in [9.17, 15) is 14.9 Å². The molecule has 1 N–H and O–H groups in total. The summed E-state index contributed by atoms with van der Waals surface area (Å²) in [6.07, 6.45) is 1.38. The number of ether oxygens (including phenoxy) is 1. The Morgan fingerprint density at radius 3 is 2.71 bits per heavy atom. The minimum Gasteiger partial charge on any atom is -0.490 e. The van der Waals surface area contributed by atoms with E-state index in [0.717, 1.165) is 0 Å². The lowest BCUT2D eigenvalue weighted by Crippen LogP contribution is -2.14. The molecule has 0 unspecified atom stereocenters. The molecule has 2 aromatic rings. The fourth-order valence-corrected chi connectivity index (χ4v) is 1.82. The summed E-state index contributed by atoms with van der Waals surface area (Å²) in [6.45, 7) is 0. The Labute approximate surface area is 124 Å². The number of nitro benzene ring substituents is 1. The van der Waals surface area contributed by atoms with Gasteiger partial charge in [-0.05, 0) is 18.2 Å². The summed E-state index contributed by atoms with van der Waals surface area (Å²) in [5.74, 6) is -0.637. The van der Waals surface area contributed by atoms with Gasteiger partial charge in [-0.25, -0.2) is 4.98 Å². The van der Waals surface area contributed by atoms with E-state index in [1.54, 1.807) is 6.07 Å². The lowest BCUT2D eigenvalue weighted by atomic mass is 10.1. The number of halogens is 1. The quantitative estimate of drug-likeness (QED) is 0.532. The number of methoxy groups -OCH3 is 1. The number of anilines is 1. The first kappa shape index (κ1) is 14.7. The van der Waals surface area contributed by atoms with Crippen molar-refractivity contribution in [3.05, 3.63) is 57.4 Å². The van der Waals surface area contributed by atoms with Crippen LogP contribution in [0.3, 0.4) is 0 Å². The zero-order valence-electron chi connectivity index (χ0n) is 10.9. The Morgan fingerprint density at radius 2 is 2.14 bits per heavy atom. The van der Waals surface area contributed by atoms with E-state index >= 15 is 0 Å². The van der Waals surface area contributed by atoms with Crippen LogP contribution in [0.25, 0.3) is 0 Å². The molecular formula is C13H10ClN3O4. The minimum absolute atomic E-state index is 0.0571. The van der Waals surface area contributed by atoms with Crippen molar-refractivity contribution < 1.29 is 14.5 Å². The second-order valence-corrected chi connectivity index (χ2v) is 4.33. The largest absolute Gasteiger partial charge is 0.490 e. The molecule has 7 nitrogen and oxygen atoms in total. The van der Waals surface area contributed by atoms with Gasteiger partial charge in [-0.3, -0.25) is 14.9 Å². The van der Waals surface area contributed by atoms with Gasteiger partial charge in [0.15, 0.2) is 0 Å². The average molecular weight is 308 g/mol. The molecule has 0 atom stereocenters. The van der Waals surface area contributed by atoms with E-state index in [4.69, 9.17) is 16.3 Å². The maximum absolute atomic E-state index is 12.2. The Kier molecular flexibility index (Phi) is 4.34. The molecular weight excluding hydrogens is 298 g/mol.